The summed E-state index contributed by atoms with van der Waals surface area (Å²) in [7, 11) is 1.21. The average Bonchev–Trinajstić information content (AvgIpc) is 2.55. The van der Waals surface area contributed by atoms with Gasteiger partial charge in [-0.1, -0.05) is 11.6 Å². The highest BCUT2D eigenvalue weighted by molar-refractivity contribution is 7.89. The van der Waals surface area contributed by atoms with Crippen LogP contribution < -0.4 is 14.8 Å². The molecule has 1 aromatic carbocycles. The molecule has 0 saturated carbocycles. The van der Waals surface area contributed by atoms with E-state index in [0.29, 0.717) is 30.5 Å². The molecule has 0 spiro atoms. The van der Waals surface area contributed by atoms with Gasteiger partial charge in [-0.3, -0.25) is 0 Å². The summed E-state index contributed by atoms with van der Waals surface area (Å²) in [6.07, 6.45) is 1.68. The number of piperidine rings is 1. The third-order valence-electron chi connectivity index (χ3n) is 4.12. The lowest BCUT2D eigenvalue weighted by Crippen LogP contribution is -2.40. The van der Waals surface area contributed by atoms with E-state index in [4.69, 9.17) is 21.1 Å². The predicted octanol–water partition coefficient (Wildman–Crippen LogP) is 1.98. The van der Waals surface area contributed by atoms with E-state index in [9.17, 15) is 8.42 Å². The zero-order chi connectivity index (χ0) is 17.0. The van der Waals surface area contributed by atoms with Gasteiger partial charge in [0.1, 0.15) is 4.90 Å². The fourth-order valence-electron chi connectivity index (χ4n) is 2.81. The van der Waals surface area contributed by atoms with Crippen LogP contribution in [0.25, 0.3) is 0 Å². The molecule has 23 heavy (non-hydrogen) atoms. The molecule has 0 unspecified atom stereocenters. The van der Waals surface area contributed by atoms with Gasteiger partial charge < -0.3 is 14.8 Å². The van der Waals surface area contributed by atoms with E-state index < -0.39 is 10.0 Å². The Hall–Kier alpha value is -1.02. The average molecular weight is 363 g/mol. The Morgan fingerprint density at radius 1 is 1.22 bits per heavy atom. The molecule has 1 N–H and O–H groups in total. The maximum atomic E-state index is 12.9. The Morgan fingerprint density at radius 2 is 1.78 bits per heavy atom. The smallest absolute Gasteiger partial charge is 0.244 e. The third kappa shape index (κ3) is 3.91. The van der Waals surface area contributed by atoms with E-state index in [1.54, 1.807) is 0 Å². The molecule has 6 nitrogen and oxygen atoms in total. The van der Waals surface area contributed by atoms with E-state index in [1.807, 2.05) is 7.05 Å². The molecule has 1 heterocycles. The van der Waals surface area contributed by atoms with Gasteiger partial charge in [0.25, 0.3) is 0 Å². The number of hydrogen-bond acceptors (Lipinski definition) is 5. The molecule has 1 aliphatic rings. The third-order valence-corrected chi connectivity index (χ3v) is 6.49. The van der Waals surface area contributed by atoms with Crippen molar-refractivity contribution in [3.8, 4) is 11.5 Å². The zero-order valence-corrected chi connectivity index (χ0v) is 15.2. The van der Waals surface area contributed by atoms with Crippen molar-refractivity contribution in [2.75, 3.05) is 40.9 Å². The van der Waals surface area contributed by atoms with Gasteiger partial charge >= 0.3 is 0 Å². The van der Waals surface area contributed by atoms with Crippen molar-refractivity contribution in [2.24, 2.45) is 5.92 Å². The standard InChI is InChI=1S/C15H23ClN2O4S/c1-17-10-11-4-6-18(7-5-11)23(19,20)15-9-14(22-3)13(21-2)8-12(15)16/h8-9,11,17H,4-7,10H2,1-3H3. The molecule has 0 aliphatic carbocycles. The van der Waals surface area contributed by atoms with Crippen molar-refractivity contribution in [3.63, 3.8) is 0 Å². The maximum absolute atomic E-state index is 12.9. The monoisotopic (exact) mass is 362 g/mol. The lowest BCUT2D eigenvalue weighted by Gasteiger charge is -2.31. The quantitative estimate of drug-likeness (QED) is 0.838. The Labute approximate surface area is 142 Å². The van der Waals surface area contributed by atoms with E-state index in [1.165, 1.54) is 30.7 Å². The molecule has 0 bridgehead atoms. The number of methoxy groups -OCH3 is 2. The van der Waals surface area contributed by atoms with Crippen molar-refractivity contribution in [1.29, 1.82) is 0 Å². The predicted molar refractivity (Wildman–Crippen MR) is 90.0 cm³/mol. The highest BCUT2D eigenvalue weighted by Crippen LogP contribution is 2.37. The van der Waals surface area contributed by atoms with Crippen LogP contribution >= 0.6 is 11.6 Å². The molecule has 0 atom stereocenters. The molecule has 130 valence electrons. The summed E-state index contributed by atoms with van der Waals surface area (Å²) in [6, 6.07) is 2.90. The fourth-order valence-corrected chi connectivity index (χ4v) is 4.79. The molecule has 0 aromatic heterocycles. The summed E-state index contributed by atoms with van der Waals surface area (Å²) >= 11 is 6.17. The summed E-state index contributed by atoms with van der Waals surface area (Å²) in [5.74, 6) is 1.26. The molecule has 1 aromatic rings. The second kappa shape index (κ2) is 7.70. The van der Waals surface area contributed by atoms with Gasteiger partial charge in [-0.25, -0.2) is 8.42 Å². The Bertz CT molecular complexity index is 643. The molecule has 1 saturated heterocycles. The first-order chi connectivity index (χ1) is 10.9. The van der Waals surface area contributed by atoms with Crippen molar-refractivity contribution >= 4 is 21.6 Å². The van der Waals surface area contributed by atoms with E-state index in [0.717, 1.165) is 19.4 Å². The first-order valence-electron chi connectivity index (χ1n) is 7.50. The topological polar surface area (TPSA) is 67.9 Å². The van der Waals surface area contributed by atoms with Gasteiger partial charge in [-0.05, 0) is 32.4 Å². The van der Waals surface area contributed by atoms with Crippen LogP contribution in [0.2, 0.25) is 5.02 Å². The molecule has 1 fully saturated rings. The number of benzene rings is 1. The summed E-state index contributed by atoms with van der Waals surface area (Å²) in [6.45, 7) is 1.91. The molecular formula is C15H23ClN2O4S. The van der Waals surface area contributed by atoms with Gasteiger partial charge in [0, 0.05) is 25.2 Å². The van der Waals surface area contributed by atoms with Crippen molar-refractivity contribution < 1.29 is 17.9 Å². The fraction of sp³-hybridized carbons (Fsp3) is 0.600. The van der Waals surface area contributed by atoms with Crippen molar-refractivity contribution in [2.45, 2.75) is 17.7 Å². The first-order valence-corrected chi connectivity index (χ1v) is 9.32. The Balaban J connectivity index is 2.27. The summed E-state index contributed by atoms with van der Waals surface area (Å²) in [4.78, 5) is 0.0592. The second-order valence-electron chi connectivity index (χ2n) is 5.54. The van der Waals surface area contributed by atoms with Crippen molar-refractivity contribution in [3.05, 3.63) is 17.2 Å². The number of ether oxygens (including phenoxy) is 2. The van der Waals surface area contributed by atoms with Crippen LogP contribution in [-0.2, 0) is 10.0 Å². The number of hydrogen-bond donors (Lipinski definition) is 1. The molecule has 1 aliphatic heterocycles. The van der Waals surface area contributed by atoms with Crippen molar-refractivity contribution in [1.82, 2.24) is 9.62 Å². The minimum absolute atomic E-state index is 0.0592. The Kier molecular flexibility index (Phi) is 6.13. The maximum Gasteiger partial charge on any atom is 0.244 e. The van der Waals surface area contributed by atoms with Gasteiger partial charge in [0.15, 0.2) is 11.5 Å². The minimum atomic E-state index is -3.64. The normalized spacial score (nSPS) is 17.2. The lowest BCUT2D eigenvalue weighted by atomic mass is 9.98. The second-order valence-corrected chi connectivity index (χ2v) is 7.86. The SMILES string of the molecule is CNCC1CCN(S(=O)(=O)c2cc(OC)c(OC)cc2Cl)CC1. The van der Waals surface area contributed by atoms with Gasteiger partial charge in [0.05, 0.1) is 19.2 Å². The van der Waals surface area contributed by atoms with Crippen LogP contribution in [0.1, 0.15) is 12.8 Å². The summed E-state index contributed by atoms with van der Waals surface area (Å²) in [5, 5.41) is 3.28. The summed E-state index contributed by atoms with van der Waals surface area (Å²) < 4.78 is 37.6. The van der Waals surface area contributed by atoms with Gasteiger partial charge in [-0.15, -0.1) is 0 Å². The molecule has 0 radical (unpaired) electrons. The molecular weight excluding hydrogens is 340 g/mol. The number of sulfonamides is 1. The van der Waals surface area contributed by atoms with Crippen LogP contribution in [0.4, 0.5) is 0 Å². The van der Waals surface area contributed by atoms with Crippen LogP contribution in [0.5, 0.6) is 11.5 Å². The van der Waals surface area contributed by atoms with Crippen LogP contribution in [0, 0.1) is 5.92 Å². The highest BCUT2D eigenvalue weighted by atomic mass is 35.5. The van der Waals surface area contributed by atoms with Crippen LogP contribution in [-0.4, -0.2) is 53.6 Å². The van der Waals surface area contributed by atoms with Gasteiger partial charge in [0.2, 0.25) is 10.0 Å². The van der Waals surface area contributed by atoms with Crippen LogP contribution in [0.15, 0.2) is 17.0 Å². The van der Waals surface area contributed by atoms with Crippen LogP contribution in [0.3, 0.4) is 0 Å². The number of nitrogens with zero attached hydrogens (tertiary/aromatic N) is 1. The molecule has 0 amide bonds. The van der Waals surface area contributed by atoms with Gasteiger partial charge in [-0.2, -0.15) is 4.31 Å². The van der Waals surface area contributed by atoms with E-state index in [2.05, 4.69) is 5.32 Å². The molecule has 8 heteroatoms. The Morgan fingerprint density at radius 3 is 2.30 bits per heavy atom. The number of nitrogens with one attached hydrogen (secondary N) is 1. The lowest BCUT2D eigenvalue weighted by molar-refractivity contribution is 0.270. The highest BCUT2D eigenvalue weighted by Gasteiger charge is 2.31. The zero-order valence-electron chi connectivity index (χ0n) is 13.6. The number of rotatable bonds is 6. The largest absolute Gasteiger partial charge is 0.493 e. The minimum Gasteiger partial charge on any atom is -0.493 e. The van der Waals surface area contributed by atoms with E-state index >= 15 is 0 Å². The summed E-state index contributed by atoms with van der Waals surface area (Å²) in [5.41, 5.74) is 0. The van der Waals surface area contributed by atoms with E-state index in [-0.39, 0.29) is 9.92 Å². The first kappa shape index (κ1) is 18.3. The number of halogens is 1. The molecule has 2 rings (SSSR count).